The first-order chi connectivity index (χ1) is 13.0. The molecule has 1 aromatic heterocycles. The zero-order chi connectivity index (χ0) is 19.0. The van der Waals surface area contributed by atoms with Gasteiger partial charge in [-0.1, -0.05) is 53.6 Å². The maximum Gasteiger partial charge on any atom is 0.296 e. The number of halogens is 2. The molecule has 0 aliphatic carbocycles. The van der Waals surface area contributed by atoms with Crippen molar-refractivity contribution in [3.05, 3.63) is 81.4 Å². The molecule has 3 aromatic rings. The van der Waals surface area contributed by atoms with E-state index in [1.54, 1.807) is 24.3 Å². The van der Waals surface area contributed by atoms with Gasteiger partial charge in [0.15, 0.2) is 0 Å². The summed E-state index contributed by atoms with van der Waals surface area (Å²) in [5, 5.41) is 0.932. The molecule has 4 rings (SSSR count). The van der Waals surface area contributed by atoms with E-state index in [4.69, 9.17) is 39.8 Å². The lowest BCUT2D eigenvalue weighted by molar-refractivity contribution is 0.268. The molecule has 0 spiro atoms. The molecule has 1 fully saturated rings. The quantitative estimate of drug-likeness (QED) is 0.321. The van der Waals surface area contributed by atoms with Gasteiger partial charge in [-0.2, -0.15) is 0 Å². The zero-order valence-corrected chi connectivity index (χ0v) is 16.8. The van der Waals surface area contributed by atoms with E-state index in [9.17, 15) is 4.79 Å². The predicted molar refractivity (Wildman–Crippen MR) is 117 cm³/mol. The Labute approximate surface area is 175 Å². The fourth-order valence-electron chi connectivity index (χ4n) is 2.68. The number of benzene rings is 2. The highest BCUT2D eigenvalue weighted by atomic mass is 35.5. The Morgan fingerprint density at radius 2 is 1.70 bits per heavy atom. The highest BCUT2D eigenvalue weighted by Crippen LogP contribution is 2.37. The number of thioether (sulfide) groups is 1. The van der Waals surface area contributed by atoms with E-state index in [0.717, 1.165) is 23.0 Å². The van der Waals surface area contributed by atoms with E-state index in [1.807, 2.05) is 42.5 Å². The first kappa shape index (κ1) is 18.3. The molecule has 0 saturated carbocycles. The summed E-state index contributed by atoms with van der Waals surface area (Å²) in [6.07, 6.45) is 1.77. The number of thiocarbonyl (C=S) groups is 1. The fraction of sp³-hybridized carbons (Fsp3) is 0. The normalized spacial score (nSPS) is 15.8. The van der Waals surface area contributed by atoms with Gasteiger partial charge in [-0.05, 0) is 60.3 Å². The molecule has 1 amide bonds. The summed E-state index contributed by atoms with van der Waals surface area (Å²) in [7, 11) is 0. The lowest BCUT2D eigenvalue weighted by Gasteiger charge is -2.14. The molecule has 27 heavy (non-hydrogen) atoms. The van der Waals surface area contributed by atoms with Crippen molar-refractivity contribution in [1.82, 2.24) is 0 Å². The summed E-state index contributed by atoms with van der Waals surface area (Å²) >= 11 is 18.7. The fourth-order valence-corrected chi connectivity index (χ4v) is 4.46. The van der Waals surface area contributed by atoms with Gasteiger partial charge in [-0.15, -0.1) is 0 Å². The van der Waals surface area contributed by atoms with E-state index >= 15 is 0 Å². The Morgan fingerprint density at radius 3 is 2.41 bits per heavy atom. The molecule has 0 unspecified atom stereocenters. The van der Waals surface area contributed by atoms with Crippen LogP contribution in [0.2, 0.25) is 10.0 Å². The first-order valence-electron chi connectivity index (χ1n) is 7.90. The molecule has 1 saturated heterocycles. The molecular formula is C20H11Cl2NO2S2. The molecule has 7 heteroatoms. The van der Waals surface area contributed by atoms with Gasteiger partial charge in [0.05, 0.1) is 10.6 Å². The highest BCUT2D eigenvalue weighted by Gasteiger charge is 2.33. The van der Waals surface area contributed by atoms with Crippen molar-refractivity contribution in [3.63, 3.8) is 0 Å². The number of anilines is 1. The molecule has 0 bridgehead atoms. The summed E-state index contributed by atoms with van der Waals surface area (Å²) in [4.78, 5) is 15.0. The van der Waals surface area contributed by atoms with Gasteiger partial charge in [0.2, 0.25) is 0 Å². The second kappa shape index (κ2) is 7.52. The van der Waals surface area contributed by atoms with E-state index in [0.29, 0.717) is 31.5 Å². The monoisotopic (exact) mass is 431 g/mol. The van der Waals surface area contributed by atoms with Gasteiger partial charge in [0.1, 0.15) is 16.5 Å². The van der Waals surface area contributed by atoms with E-state index in [1.165, 1.54) is 4.90 Å². The Balaban J connectivity index is 1.62. The number of rotatable bonds is 3. The second-order valence-electron chi connectivity index (χ2n) is 5.71. The van der Waals surface area contributed by atoms with Crippen molar-refractivity contribution >= 4 is 69.2 Å². The maximum absolute atomic E-state index is 12.4. The van der Waals surface area contributed by atoms with Gasteiger partial charge in [0.25, 0.3) is 5.24 Å². The standard InChI is InChI=1S/C20H11Cl2NO2S2/c21-13-8-12(9-14(22)10-13)17-7-6-16(25-17)11-18-19(26)23(20(24)27-18)15-4-2-1-3-5-15/h1-11H/b18-11-. The van der Waals surface area contributed by atoms with Crippen LogP contribution in [0.3, 0.4) is 0 Å². The van der Waals surface area contributed by atoms with Crippen LogP contribution in [0.25, 0.3) is 17.4 Å². The van der Waals surface area contributed by atoms with Gasteiger partial charge < -0.3 is 4.42 Å². The molecule has 3 nitrogen and oxygen atoms in total. The Hall–Kier alpha value is -2.05. The number of hydrogen-bond acceptors (Lipinski definition) is 4. The Kier molecular flexibility index (Phi) is 5.10. The van der Waals surface area contributed by atoms with E-state index in [2.05, 4.69) is 0 Å². The Morgan fingerprint density at radius 1 is 1.00 bits per heavy atom. The summed E-state index contributed by atoms with van der Waals surface area (Å²) in [5.41, 5.74) is 1.53. The smallest absolute Gasteiger partial charge is 0.296 e. The Bertz CT molecular complexity index is 1060. The number of para-hydroxylation sites is 1. The number of furan rings is 1. The van der Waals surface area contributed by atoms with E-state index in [-0.39, 0.29) is 5.24 Å². The van der Waals surface area contributed by atoms with Crippen LogP contribution in [0.4, 0.5) is 10.5 Å². The minimum atomic E-state index is -0.133. The van der Waals surface area contributed by atoms with Gasteiger partial charge >= 0.3 is 0 Å². The van der Waals surface area contributed by atoms with E-state index < -0.39 is 0 Å². The number of hydrogen-bond donors (Lipinski definition) is 0. The molecule has 0 atom stereocenters. The third-order valence-electron chi connectivity index (χ3n) is 3.86. The van der Waals surface area contributed by atoms with Crippen LogP contribution >= 0.6 is 47.2 Å². The highest BCUT2D eigenvalue weighted by molar-refractivity contribution is 8.20. The maximum atomic E-state index is 12.4. The van der Waals surface area contributed by atoms with Crippen LogP contribution in [0.5, 0.6) is 0 Å². The van der Waals surface area contributed by atoms with Crippen LogP contribution in [0.1, 0.15) is 5.76 Å². The number of nitrogens with zero attached hydrogens (tertiary/aromatic N) is 1. The van der Waals surface area contributed by atoms with Crippen molar-refractivity contribution in [2.75, 3.05) is 4.90 Å². The van der Waals surface area contributed by atoms with Crippen LogP contribution in [0, 0.1) is 0 Å². The summed E-state index contributed by atoms with van der Waals surface area (Å²) in [5.74, 6) is 1.22. The van der Waals surface area contributed by atoms with Crippen LogP contribution in [-0.4, -0.2) is 10.2 Å². The largest absolute Gasteiger partial charge is 0.457 e. The van der Waals surface area contributed by atoms with Gasteiger partial charge in [-0.25, -0.2) is 0 Å². The number of amides is 1. The predicted octanol–water partition coefficient (Wildman–Crippen LogP) is 7.30. The first-order valence-corrected chi connectivity index (χ1v) is 9.88. The van der Waals surface area contributed by atoms with Crippen molar-refractivity contribution < 1.29 is 9.21 Å². The SMILES string of the molecule is O=C1S/C(=C\c2ccc(-c3cc(Cl)cc(Cl)c3)o2)C(=S)N1c1ccccc1. The van der Waals surface area contributed by atoms with Crippen molar-refractivity contribution in [3.8, 4) is 11.3 Å². The third-order valence-corrected chi connectivity index (χ3v) is 5.71. The van der Waals surface area contributed by atoms with Crippen LogP contribution in [-0.2, 0) is 0 Å². The molecule has 1 aliphatic rings. The molecular weight excluding hydrogens is 421 g/mol. The second-order valence-corrected chi connectivity index (χ2v) is 7.97. The van der Waals surface area contributed by atoms with Gasteiger partial charge in [0, 0.05) is 15.6 Å². The lowest BCUT2D eigenvalue weighted by atomic mass is 10.2. The number of carbonyl (C=O) groups excluding carboxylic acids is 1. The average Bonchev–Trinajstić information content (AvgIpc) is 3.20. The van der Waals surface area contributed by atoms with Crippen molar-refractivity contribution in [2.45, 2.75) is 0 Å². The average molecular weight is 432 g/mol. The molecule has 0 radical (unpaired) electrons. The van der Waals surface area contributed by atoms with Gasteiger partial charge in [-0.3, -0.25) is 9.69 Å². The summed E-state index contributed by atoms with van der Waals surface area (Å²) in [6.45, 7) is 0. The molecule has 1 aliphatic heterocycles. The number of carbonyl (C=O) groups is 1. The van der Waals surface area contributed by atoms with Crippen LogP contribution < -0.4 is 4.90 Å². The molecule has 134 valence electrons. The minimum absolute atomic E-state index is 0.133. The molecule has 0 N–H and O–H groups in total. The van der Waals surface area contributed by atoms with Crippen molar-refractivity contribution in [2.24, 2.45) is 0 Å². The summed E-state index contributed by atoms with van der Waals surface area (Å²) in [6, 6.07) is 18.2. The van der Waals surface area contributed by atoms with Crippen LogP contribution in [0.15, 0.2) is 70.0 Å². The van der Waals surface area contributed by atoms with Crippen molar-refractivity contribution in [1.29, 1.82) is 0 Å². The third kappa shape index (κ3) is 3.82. The topological polar surface area (TPSA) is 33.5 Å². The summed E-state index contributed by atoms with van der Waals surface area (Å²) < 4.78 is 5.87. The lowest BCUT2D eigenvalue weighted by Crippen LogP contribution is -2.26. The molecule has 2 aromatic carbocycles. The zero-order valence-electron chi connectivity index (χ0n) is 13.7. The molecule has 2 heterocycles. The minimum Gasteiger partial charge on any atom is -0.457 e.